The first kappa shape index (κ1) is 68.8. The average Bonchev–Trinajstić information content (AvgIpc) is 1.52. The van der Waals surface area contributed by atoms with E-state index < -0.39 is 38.4 Å². The number of allylic oxidation sites excluding steroid dienone is 4. The predicted molar refractivity (Wildman–Crippen MR) is 303 cm³/mol. The quantitative estimate of drug-likeness (QED) is 0.0457. The molecule has 0 radical (unpaired) electrons. The van der Waals surface area contributed by atoms with E-state index in [0.717, 1.165) is 0 Å². The van der Waals surface area contributed by atoms with E-state index in [-0.39, 0.29) is 36.6 Å². The lowest BCUT2D eigenvalue weighted by Crippen LogP contribution is -2.48. The molecule has 1 saturated carbocycles. The number of ether oxygens (including phenoxy) is 16. The van der Waals surface area contributed by atoms with Crippen molar-refractivity contribution < 1.29 is 102 Å². The summed E-state index contributed by atoms with van der Waals surface area (Å²) in [5.74, 6) is -15.0. The highest BCUT2D eigenvalue weighted by atomic mass is 32.2. The number of halogens is 6. The van der Waals surface area contributed by atoms with Crippen molar-refractivity contribution in [2.45, 2.75) is 67.2 Å². The molecule has 4 atom stereocenters. The molecule has 2 aliphatic heterocycles. The lowest BCUT2D eigenvalue weighted by molar-refractivity contribution is -0.258. The largest absolute Gasteiger partial charge is 0.488 e. The van der Waals surface area contributed by atoms with Crippen LogP contribution in [0.5, 0.6) is 11.5 Å². The molecule has 0 bridgehead atoms. The number of hydrogen-bond donors (Lipinski definition) is 0. The van der Waals surface area contributed by atoms with Gasteiger partial charge in [-0.3, -0.25) is 0 Å². The summed E-state index contributed by atoms with van der Waals surface area (Å²) in [6.45, 7) is 18.3. The summed E-state index contributed by atoms with van der Waals surface area (Å²) in [7, 11) is 3.24. The van der Waals surface area contributed by atoms with E-state index in [4.69, 9.17) is 75.8 Å². The van der Waals surface area contributed by atoms with E-state index in [1.165, 1.54) is 35.7 Å². The number of hydrogen-bond acceptors (Lipinski definition) is 18. The van der Waals surface area contributed by atoms with E-state index in [0.29, 0.717) is 191 Å². The summed E-state index contributed by atoms with van der Waals surface area (Å²) in [6, 6.07) is 13.7. The fourth-order valence-corrected chi connectivity index (χ4v) is 12.2. The zero-order valence-corrected chi connectivity index (χ0v) is 50.1. The van der Waals surface area contributed by atoms with Crippen molar-refractivity contribution in [3.63, 3.8) is 0 Å². The van der Waals surface area contributed by atoms with Crippen LogP contribution < -0.4 is 9.47 Å². The van der Waals surface area contributed by atoms with Gasteiger partial charge in [0.2, 0.25) is 0 Å². The molecule has 468 valence electrons. The molecule has 2 heterocycles. The standard InChI is InChI=1S/C59H82F6O16S2/c1-43(41-78-37-35-76-33-31-74-29-27-72-25-23-70-21-19-68-17-15-66-5)80-47-11-7-45(8-12-47)51-39-49-53-54(58(62,63)59(64,65)57(53,60)61)50-40-52(83-56(50,4)55(49,3)82-51)46-9-13-48(14-10-46)81-44(2)42-79-38-36-77-34-32-75-30-28-73-26-24-71-22-20-69-18-16-67-6/h7-14,39-40,43-44H,15-38,41-42H2,1-6H3/t43-,44-,55+,56+/m0/s1. The van der Waals surface area contributed by atoms with Crippen LogP contribution in [0.25, 0.3) is 9.81 Å². The molecule has 24 heteroatoms. The lowest BCUT2D eigenvalue weighted by atomic mass is 9.71. The van der Waals surface area contributed by atoms with Gasteiger partial charge in [-0.2, -0.15) is 26.3 Å². The molecule has 2 aromatic rings. The topological polar surface area (TPSA) is 148 Å². The zero-order chi connectivity index (χ0) is 59.6. The highest BCUT2D eigenvalue weighted by Gasteiger charge is 2.84. The minimum atomic E-state index is -5.68. The van der Waals surface area contributed by atoms with Crippen LogP contribution in [-0.2, 0) is 66.3 Å². The van der Waals surface area contributed by atoms with E-state index >= 15 is 26.3 Å². The minimum Gasteiger partial charge on any atom is -0.488 e. The Morgan fingerprint density at radius 1 is 0.361 bits per heavy atom. The van der Waals surface area contributed by atoms with E-state index in [1.54, 1.807) is 76.6 Å². The van der Waals surface area contributed by atoms with E-state index in [9.17, 15) is 0 Å². The average molecular weight is 1230 g/mol. The van der Waals surface area contributed by atoms with Crippen LogP contribution in [0.1, 0.15) is 38.8 Å². The molecular weight excluding hydrogens is 1140 g/mol. The predicted octanol–water partition coefficient (Wildman–Crippen LogP) is 9.63. The summed E-state index contributed by atoms with van der Waals surface area (Å²) >= 11 is 2.38. The van der Waals surface area contributed by atoms with Crippen LogP contribution >= 0.6 is 23.5 Å². The SMILES string of the molecule is COCCOCCOCCOCCOCCOCCOC[C@H](C)Oc1ccc(C2=CC3=C4C(=C5C=C(c6ccc(O[C@@H](C)COCCOCCOCCOCCOCCOCCOC)cc6)S[C@@]5(C)[C@]3(C)S2)C(F)(F)C(F)(F)C4(F)F)cc1. The second kappa shape index (κ2) is 34.9. The van der Waals surface area contributed by atoms with Crippen LogP contribution in [0, 0.1) is 0 Å². The molecule has 1 fully saturated rings. The molecule has 0 amide bonds. The smallest absolute Gasteiger partial charge is 0.380 e. The monoisotopic (exact) mass is 1220 g/mol. The summed E-state index contributed by atoms with van der Waals surface area (Å²) in [5, 5.41) is 0. The van der Waals surface area contributed by atoms with Crippen LogP contribution in [-0.4, -0.2) is 225 Å². The van der Waals surface area contributed by atoms with Crippen molar-refractivity contribution >= 4 is 33.3 Å². The van der Waals surface area contributed by atoms with Gasteiger partial charge in [0.1, 0.15) is 23.7 Å². The third-order valence-electron chi connectivity index (χ3n) is 13.6. The molecule has 83 heavy (non-hydrogen) atoms. The number of benzene rings is 2. The van der Waals surface area contributed by atoms with Crippen molar-refractivity contribution in [1.29, 1.82) is 0 Å². The normalized spacial score (nSPS) is 21.0. The van der Waals surface area contributed by atoms with Crippen LogP contribution in [0.4, 0.5) is 26.3 Å². The van der Waals surface area contributed by atoms with Gasteiger partial charge in [-0.15, -0.1) is 23.5 Å². The molecule has 0 spiro atoms. The van der Waals surface area contributed by atoms with E-state index in [1.807, 2.05) is 13.8 Å². The zero-order valence-electron chi connectivity index (χ0n) is 48.4. The fourth-order valence-electron chi connectivity index (χ4n) is 9.10. The molecule has 16 nitrogen and oxygen atoms in total. The van der Waals surface area contributed by atoms with Crippen LogP contribution in [0.2, 0.25) is 0 Å². The first-order chi connectivity index (χ1) is 40.0. The number of thioether (sulfide) groups is 2. The maximum atomic E-state index is 16.1. The van der Waals surface area contributed by atoms with E-state index in [2.05, 4.69) is 0 Å². The van der Waals surface area contributed by atoms with Gasteiger partial charge in [0.15, 0.2) is 0 Å². The van der Waals surface area contributed by atoms with Crippen LogP contribution in [0.3, 0.4) is 0 Å². The summed E-state index contributed by atoms with van der Waals surface area (Å²) in [4.78, 5) is 0.925. The van der Waals surface area contributed by atoms with Gasteiger partial charge >= 0.3 is 17.8 Å². The van der Waals surface area contributed by atoms with Gasteiger partial charge < -0.3 is 75.8 Å². The minimum absolute atomic E-state index is 0.252. The van der Waals surface area contributed by atoms with Gasteiger partial charge in [0, 0.05) is 35.2 Å². The summed E-state index contributed by atoms with van der Waals surface area (Å²) in [5.41, 5.74) is -2.00. The lowest BCUT2D eigenvalue weighted by Gasteiger charge is -2.47. The number of rotatable bonds is 46. The van der Waals surface area contributed by atoms with Crippen molar-refractivity contribution in [1.82, 2.24) is 0 Å². The first-order valence-electron chi connectivity index (χ1n) is 27.9. The molecule has 0 saturated heterocycles. The Balaban J connectivity index is 0.914. The third-order valence-corrected chi connectivity index (χ3v) is 16.9. The second-order valence-electron chi connectivity index (χ2n) is 19.8. The molecule has 0 aromatic heterocycles. The molecule has 2 aliphatic carbocycles. The van der Waals surface area contributed by atoms with Crippen molar-refractivity contribution in [2.75, 3.05) is 186 Å². The molecular formula is C59H82F6O16S2. The highest BCUT2D eigenvalue weighted by Crippen LogP contribution is 2.75. The van der Waals surface area contributed by atoms with Gasteiger partial charge in [0.05, 0.1) is 181 Å². The fraction of sp³-hybridized carbons (Fsp3) is 0.661. The third kappa shape index (κ3) is 19.1. The summed E-state index contributed by atoms with van der Waals surface area (Å²) in [6.07, 6.45) is 2.03. The Labute approximate surface area is 492 Å². The molecule has 0 N–H and O–H groups in total. The summed E-state index contributed by atoms with van der Waals surface area (Å²) < 4.78 is 181. The van der Waals surface area contributed by atoms with Gasteiger partial charge in [0.25, 0.3) is 0 Å². The Morgan fingerprint density at radius 2 is 0.602 bits per heavy atom. The molecule has 4 aliphatic rings. The second-order valence-corrected chi connectivity index (χ2v) is 22.7. The van der Waals surface area contributed by atoms with Crippen molar-refractivity contribution in [2.24, 2.45) is 0 Å². The van der Waals surface area contributed by atoms with Crippen molar-refractivity contribution in [3.8, 4) is 11.5 Å². The maximum Gasteiger partial charge on any atom is 0.380 e. The van der Waals surface area contributed by atoms with Crippen molar-refractivity contribution in [3.05, 3.63) is 94.1 Å². The first-order valence-corrected chi connectivity index (χ1v) is 29.6. The molecule has 0 unspecified atom stereocenters. The Bertz CT molecular complexity index is 2200. The van der Waals surface area contributed by atoms with Gasteiger partial charge in [-0.05, 0) is 86.4 Å². The van der Waals surface area contributed by atoms with Gasteiger partial charge in [-0.25, -0.2) is 0 Å². The number of fused-ring (bicyclic) bond motifs is 4. The number of alkyl halides is 6. The maximum absolute atomic E-state index is 16.1. The van der Waals surface area contributed by atoms with Crippen LogP contribution in [0.15, 0.2) is 83.0 Å². The molecule has 2 aromatic carbocycles. The Hall–Kier alpha value is -3.28. The highest BCUT2D eigenvalue weighted by molar-refractivity contribution is 8.14. The Morgan fingerprint density at radius 3 is 0.855 bits per heavy atom. The number of methoxy groups -OCH3 is 2. The van der Waals surface area contributed by atoms with Gasteiger partial charge in [-0.1, -0.05) is 24.3 Å². The molecule has 6 rings (SSSR count). The Kier molecular flexibility index (Phi) is 28.9.